The summed E-state index contributed by atoms with van der Waals surface area (Å²) in [6, 6.07) is 18.6. The fourth-order valence-electron chi connectivity index (χ4n) is 8.92. The van der Waals surface area contributed by atoms with Crippen LogP contribution in [0.25, 0.3) is 36.8 Å². The Morgan fingerprint density at radius 3 is 2.25 bits per heavy atom. The van der Waals surface area contributed by atoms with Crippen molar-refractivity contribution in [3.05, 3.63) is 122 Å². The third-order valence-corrected chi connectivity index (χ3v) is 15.9. The van der Waals surface area contributed by atoms with Crippen molar-refractivity contribution in [2.45, 2.75) is 98.5 Å². The zero-order valence-corrected chi connectivity index (χ0v) is 41.3. The molecule has 2 aliphatic heterocycles. The van der Waals surface area contributed by atoms with Crippen molar-refractivity contribution in [1.29, 1.82) is 0 Å². The van der Waals surface area contributed by atoms with Gasteiger partial charge in [-0.05, 0) is 80.0 Å². The maximum Gasteiger partial charge on any atom is 0.306 e. The van der Waals surface area contributed by atoms with Crippen LogP contribution in [0.3, 0.4) is 0 Å². The molecule has 0 bridgehead atoms. The number of nitrogens with zero attached hydrogens (tertiary/aromatic N) is 7. The number of rotatable bonds is 11. The van der Waals surface area contributed by atoms with Crippen LogP contribution in [0.4, 0.5) is 0 Å². The third kappa shape index (κ3) is 8.88. The van der Waals surface area contributed by atoms with E-state index in [2.05, 4.69) is 32.7 Å². The fourth-order valence-corrected chi connectivity index (χ4v) is 11.8. The highest BCUT2D eigenvalue weighted by Crippen LogP contribution is 2.40. The number of aromatic nitrogens is 5. The standard InChI is InChI=1S/C50H51N9O6S3/c1-24-27(4)67-49-40(24)41(53-36(21-39(61)62)44-57-56-28(5)59(44)49)31-13-11-30(12-14-31)33-17-18-38-35(19-33)54-47(68-38)46(64)55-43(50(6,7)8)48(65)58-22-34(60)20-37(58)45(63)52-25(2)29-9-15-32(16-10-29)42-26(3)51-23-66-42/h9-19,23,25,34,36-37,43,60H,20-22H2,1-8H3,(H,52,63)(H,55,64)(H,61,62)/t25?,34-,36+,37+,43?/m1/s1. The molecule has 7 aromatic rings. The van der Waals surface area contributed by atoms with Crippen LogP contribution in [0, 0.1) is 33.1 Å². The molecule has 68 heavy (non-hydrogen) atoms. The van der Waals surface area contributed by atoms with E-state index in [-0.39, 0.29) is 36.3 Å². The number of benzene rings is 3. The molecule has 2 unspecified atom stereocenters. The van der Waals surface area contributed by atoms with Gasteiger partial charge in [0.1, 0.15) is 29.0 Å². The van der Waals surface area contributed by atoms with Crippen molar-refractivity contribution < 1.29 is 29.4 Å². The number of β-amino-alcohol motifs (C(OH)–C–C–N with tert-alkyl or cyclic N) is 1. The number of carbonyl (C=O) groups is 4. The Morgan fingerprint density at radius 1 is 0.882 bits per heavy atom. The van der Waals surface area contributed by atoms with Gasteiger partial charge in [0.2, 0.25) is 11.8 Å². The van der Waals surface area contributed by atoms with Gasteiger partial charge in [0.25, 0.3) is 5.91 Å². The molecule has 15 nitrogen and oxygen atoms in total. The lowest BCUT2D eigenvalue weighted by Gasteiger charge is -2.35. The monoisotopic (exact) mass is 969 g/mol. The summed E-state index contributed by atoms with van der Waals surface area (Å²) in [5.41, 5.74) is 9.83. The Balaban J connectivity index is 0.912. The van der Waals surface area contributed by atoms with Crippen molar-refractivity contribution in [2.75, 3.05) is 6.54 Å². The third-order valence-electron chi connectivity index (χ3n) is 12.7. The number of likely N-dealkylation sites (tertiary alicyclic amines) is 1. The van der Waals surface area contributed by atoms with Crippen LogP contribution < -0.4 is 10.6 Å². The number of carboxylic acid groups (broad SMARTS) is 1. The van der Waals surface area contributed by atoms with Gasteiger partial charge in [-0.25, -0.2) is 9.97 Å². The number of aliphatic imine (C=N–C) groups is 1. The first-order valence-corrected chi connectivity index (χ1v) is 24.8. The van der Waals surface area contributed by atoms with Crippen molar-refractivity contribution in [2.24, 2.45) is 10.4 Å². The van der Waals surface area contributed by atoms with E-state index < -0.39 is 47.4 Å². The van der Waals surface area contributed by atoms with E-state index in [1.54, 1.807) is 22.7 Å². The number of hydrogen-bond acceptors (Lipinski definition) is 13. The topological polar surface area (TPSA) is 205 Å². The van der Waals surface area contributed by atoms with Gasteiger partial charge in [-0.2, -0.15) is 0 Å². The SMILES string of the molecule is Cc1ncsc1-c1ccc(C(C)NC(=O)[C@@H]2C[C@@H](O)CN2C(=O)C(NC(=O)c2nc3cc(-c4ccc(C5=N[C@@H](CC(=O)O)c6nnc(C)n6-c6sc(C)c(C)c65)cc4)ccc3s2)C(C)(C)C)cc1. The minimum Gasteiger partial charge on any atom is -0.481 e. The summed E-state index contributed by atoms with van der Waals surface area (Å²) in [5.74, 6) is -1.19. The van der Waals surface area contributed by atoms with Crippen LogP contribution in [-0.2, 0) is 14.4 Å². The number of aliphatic carboxylic acids is 1. The van der Waals surface area contributed by atoms with Gasteiger partial charge in [-0.3, -0.25) is 28.7 Å². The van der Waals surface area contributed by atoms with E-state index in [1.807, 2.05) is 125 Å². The molecule has 1 fully saturated rings. The second-order valence-corrected chi connectivity index (χ2v) is 21.7. The molecule has 0 radical (unpaired) electrons. The van der Waals surface area contributed by atoms with Crippen LogP contribution in [0.1, 0.15) is 107 Å². The van der Waals surface area contributed by atoms with Crippen LogP contribution in [0.5, 0.6) is 0 Å². The Hall–Kier alpha value is -6.47. The number of thiophene rings is 1. The van der Waals surface area contributed by atoms with Crippen LogP contribution in [0.2, 0.25) is 0 Å². The van der Waals surface area contributed by atoms with Gasteiger partial charge in [-0.15, -0.1) is 44.2 Å². The molecule has 18 heteroatoms. The molecule has 5 atom stereocenters. The van der Waals surface area contributed by atoms with E-state index in [4.69, 9.17) is 9.98 Å². The second-order valence-electron chi connectivity index (χ2n) is 18.6. The molecule has 2 aliphatic rings. The molecule has 3 amide bonds. The Labute approximate surface area is 405 Å². The largest absolute Gasteiger partial charge is 0.481 e. The minimum atomic E-state index is -1.03. The fraction of sp³-hybridized carbons (Fsp3) is 0.340. The lowest BCUT2D eigenvalue weighted by molar-refractivity contribution is -0.142. The van der Waals surface area contributed by atoms with E-state index in [0.29, 0.717) is 22.9 Å². The smallest absolute Gasteiger partial charge is 0.306 e. The lowest BCUT2D eigenvalue weighted by atomic mass is 9.85. The number of carbonyl (C=O) groups excluding carboxylic acids is 3. The van der Waals surface area contributed by atoms with Gasteiger partial charge < -0.3 is 25.7 Å². The first kappa shape index (κ1) is 46.6. The van der Waals surface area contributed by atoms with E-state index in [1.165, 1.54) is 16.2 Å². The predicted molar refractivity (Wildman–Crippen MR) is 265 cm³/mol. The molecule has 4 aromatic heterocycles. The molecule has 0 saturated carbocycles. The maximum atomic E-state index is 14.4. The highest BCUT2D eigenvalue weighted by Gasteiger charge is 2.45. The molecular weight excluding hydrogens is 919 g/mol. The number of thiazole rings is 2. The zero-order chi connectivity index (χ0) is 48.3. The normalized spacial score (nSPS) is 17.8. The van der Waals surface area contributed by atoms with Crippen molar-refractivity contribution >= 4 is 73.6 Å². The summed E-state index contributed by atoms with van der Waals surface area (Å²) < 4.78 is 2.72. The Morgan fingerprint density at radius 2 is 1.57 bits per heavy atom. The minimum absolute atomic E-state index is 0.0431. The van der Waals surface area contributed by atoms with Gasteiger partial charge in [-0.1, -0.05) is 75.4 Å². The summed E-state index contributed by atoms with van der Waals surface area (Å²) in [6.07, 6.45) is -1.07. The van der Waals surface area contributed by atoms with Gasteiger partial charge >= 0.3 is 5.97 Å². The average Bonchev–Trinajstić information content (AvgIpc) is 4.14. The van der Waals surface area contributed by atoms with Crippen molar-refractivity contribution in [3.8, 4) is 26.6 Å². The summed E-state index contributed by atoms with van der Waals surface area (Å²) in [7, 11) is 0. The Bertz CT molecular complexity index is 3140. The van der Waals surface area contributed by atoms with Crippen LogP contribution in [-0.4, -0.2) is 94.0 Å². The lowest BCUT2D eigenvalue weighted by Crippen LogP contribution is -2.57. The molecule has 4 N–H and O–H groups in total. The van der Waals surface area contributed by atoms with Gasteiger partial charge in [0.15, 0.2) is 10.8 Å². The molecule has 1 saturated heterocycles. The van der Waals surface area contributed by atoms with Crippen LogP contribution >= 0.6 is 34.0 Å². The number of amides is 3. The molecule has 3 aromatic carbocycles. The molecule has 6 heterocycles. The van der Waals surface area contributed by atoms with Crippen molar-refractivity contribution in [1.82, 2.24) is 40.3 Å². The quantitative estimate of drug-likeness (QED) is 0.0976. The molecule has 9 rings (SSSR count). The molecular formula is C50H51N9O6S3. The molecule has 0 aliphatic carbocycles. The average molecular weight is 970 g/mol. The Kier molecular flexibility index (Phi) is 12.5. The summed E-state index contributed by atoms with van der Waals surface area (Å²) in [4.78, 5) is 72.0. The highest BCUT2D eigenvalue weighted by atomic mass is 32.1. The first-order chi connectivity index (χ1) is 32.4. The van der Waals surface area contributed by atoms with Gasteiger partial charge in [0.05, 0.1) is 50.6 Å². The highest BCUT2D eigenvalue weighted by molar-refractivity contribution is 7.20. The zero-order valence-electron chi connectivity index (χ0n) is 38.8. The predicted octanol–water partition coefficient (Wildman–Crippen LogP) is 8.31. The summed E-state index contributed by atoms with van der Waals surface area (Å²) in [6.45, 7) is 15.3. The second kappa shape index (κ2) is 18.2. The number of aliphatic hydroxyl groups excluding tert-OH is 1. The number of nitrogens with one attached hydrogen (secondary N) is 2. The maximum absolute atomic E-state index is 14.4. The number of aryl methyl sites for hydroxylation is 3. The number of aliphatic hydroxyl groups is 1. The van der Waals surface area contributed by atoms with Crippen LogP contribution in [0.15, 0.2) is 77.2 Å². The number of carboxylic acids is 1. The van der Waals surface area contributed by atoms with Crippen molar-refractivity contribution in [3.63, 3.8) is 0 Å². The molecule has 350 valence electrons. The summed E-state index contributed by atoms with van der Waals surface area (Å²) in [5, 5.41) is 36.4. The number of hydrogen-bond donors (Lipinski definition) is 4. The van der Waals surface area contributed by atoms with E-state index in [0.717, 1.165) is 64.1 Å². The first-order valence-electron chi connectivity index (χ1n) is 22.3. The molecule has 0 spiro atoms. The number of fused-ring (bicyclic) bond motifs is 4. The summed E-state index contributed by atoms with van der Waals surface area (Å²) >= 11 is 4.39. The van der Waals surface area contributed by atoms with Gasteiger partial charge in [0, 0.05) is 29.0 Å². The van der Waals surface area contributed by atoms with E-state index in [9.17, 15) is 29.4 Å². The van der Waals surface area contributed by atoms with E-state index >= 15 is 0 Å².